The van der Waals surface area contributed by atoms with Gasteiger partial charge in [0.25, 0.3) is 0 Å². The third kappa shape index (κ3) is 4.54. The highest BCUT2D eigenvalue weighted by Gasteiger charge is 2.22. The van der Waals surface area contributed by atoms with Crippen molar-refractivity contribution in [1.29, 1.82) is 0 Å². The Balaban J connectivity index is 1.61. The van der Waals surface area contributed by atoms with Crippen molar-refractivity contribution in [1.82, 2.24) is 29.9 Å². The van der Waals surface area contributed by atoms with Gasteiger partial charge in [0.15, 0.2) is 16.8 Å². The highest BCUT2D eigenvalue weighted by atomic mass is 32.2. The number of aromatic nitrogens is 6. The van der Waals surface area contributed by atoms with Gasteiger partial charge in [-0.3, -0.25) is 9.55 Å². The molecule has 4 aromatic rings. The summed E-state index contributed by atoms with van der Waals surface area (Å²) in [6, 6.07) is 14.1. The molecule has 0 fully saturated rings. The summed E-state index contributed by atoms with van der Waals surface area (Å²) in [5.41, 5.74) is 1.93. The number of benzene rings is 1. The number of hydrogen-bond donors (Lipinski definition) is 0. The summed E-state index contributed by atoms with van der Waals surface area (Å²) in [7, 11) is 0. The number of hydrogen-bond acceptors (Lipinski definition) is 7. The molecule has 0 aliphatic rings. The summed E-state index contributed by atoms with van der Waals surface area (Å²) >= 11 is 1.54. The Labute approximate surface area is 173 Å². The number of nitrogens with zero attached hydrogens (tertiary/aromatic N) is 6. The lowest BCUT2D eigenvalue weighted by Crippen LogP contribution is -2.11. The molecule has 0 saturated heterocycles. The second-order valence-corrected chi connectivity index (χ2v) is 8.62. The van der Waals surface area contributed by atoms with Crippen molar-refractivity contribution in [2.75, 3.05) is 0 Å². The Bertz CT molecular complexity index is 1070. The predicted molar refractivity (Wildman–Crippen MR) is 111 cm³/mol. The minimum Gasteiger partial charge on any atom is -0.339 e. The second-order valence-electron chi connectivity index (χ2n) is 7.67. The fraction of sp³-hybridized carbons (Fsp3) is 0.286. The van der Waals surface area contributed by atoms with Crippen LogP contribution in [0.3, 0.4) is 0 Å². The number of thioether (sulfide) groups is 1. The van der Waals surface area contributed by atoms with Crippen molar-refractivity contribution in [2.45, 2.75) is 43.6 Å². The minimum absolute atomic E-state index is 0.170. The van der Waals surface area contributed by atoms with E-state index in [1.54, 1.807) is 24.2 Å². The summed E-state index contributed by atoms with van der Waals surface area (Å²) in [6.45, 7) is 6.82. The molecule has 3 heterocycles. The first-order valence-corrected chi connectivity index (χ1v) is 10.3. The maximum absolute atomic E-state index is 5.39. The van der Waals surface area contributed by atoms with E-state index < -0.39 is 0 Å². The zero-order chi connectivity index (χ0) is 20.3. The Hall–Kier alpha value is -3.00. The minimum atomic E-state index is -0.170. The largest absolute Gasteiger partial charge is 0.339 e. The first-order chi connectivity index (χ1) is 14.0. The van der Waals surface area contributed by atoms with E-state index in [1.165, 1.54) is 5.56 Å². The zero-order valence-electron chi connectivity index (χ0n) is 16.6. The molecule has 8 heteroatoms. The Morgan fingerprint density at radius 1 is 1.03 bits per heavy atom. The lowest BCUT2D eigenvalue weighted by Gasteiger charge is -2.10. The molecule has 3 aromatic heterocycles. The van der Waals surface area contributed by atoms with Gasteiger partial charge < -0.3 is 4.52 Å². The third-order valence-corrected chi connectivity index (χ3v) is 5.22. The van der Waals surface area contributed by atoms with Crippen LogP contribution in [0, 0.1) is 0 Å². The van der Waals surface area contributed by atoms with Crippen LogP contribution in [0.2, 0.25) is 0 Å². The summed E-state index contributed by atoms with van der Waals surface area (Å²) in [5, 5.41) is 13.8. The lowest BCUT2D eigenvalue weighted by molar-refractivity contribution is 0.319. The fourth-order valence-electron chi connectivity index (χ4n) is 2.76. The van der Waals surface area contributed by atoms with Gasteiger partial charge in [-0.15, -0.1) is 10.2 Å². The lowest BCUT2D eigenvalue weighted by atomic mass is 9.97. The summed E-state index contributed by atoms with van der Waals surface area (Å²) in [5.74, 6) is 2.62. The molecule has 1 aromatic carbocycles. The van der Waals surface area contributed by atoms with E-state index in [4.69, 9.17) is 4.52 Å². The van der Waals surface area contributed by atoms with Gasteiger partial charge in [0.2, 0.25) is 5.89 Å². The van der Waals surface area contributed by atoms with Crippen molar-refractivity contribution < 1.29 is 4.52 Å². The van der Waals surface area contributed by atoms with Crippen molar-refractivity contribution in [3.05, 3.63) is 72.1 Å². The molecule has 0 bridgehead atoms. The van der Waals surface area contributed by atoms with Crippen LogP contribution >= 0.6 is 11.8 Å². The topological polar surface area (TPSA) is 82.5 Å². The van der Waals surface area contributed by atoms with Crippen LogP contribution in [0.4, 0.5) is 0 Å². The van der Waals surface area contributed by atoms with Gasteiger partial charge in [0.05, 0.1) is 12.3 Å². The molecule has 29 heavy (non-hydrogen) atoms. The Morgan fingerprint density at radius 3 is 2.55 bits per heavy atom. The molecule has 0 spiro atoms. The fourth-order valence-corrected chi connectivity index (χ4v) is 3.54. The van der Waals surface area contributed by atoms with Gasteiger partial charge in [-0.1, -0.05) is 68.0 Å². The maximum atomic E-state index is 5.39. The molecule has 0 N–H and O–H groups in total. The van der Waals surface area contributed by atoms with E-state index in [-0.39, 0.29) is 5.41 Å². The molecule has 0 atom stereocenters. The third-order valence-electron chi connectivity index (χ3n) is 4.26. The average molecular weight is 407 g/mol. The number of rotatable bonds is 6. The SMILES string of the molecule is CC(C)(C)c1nc(CSc2nnc(-c3cccnc3)n2Cc2ccccc2)no1. The van der Waals surface area contributed by atoms with Gasteiger partial charge in [0, 0.05) is 23.4 Å². The van der Waals surface area contributed by atoms with Gasteiger partial charge in [-0.2, -0.15) is 4.98 Å². The monoisotopic (exact) mass is 406 g/mol. The Kier molecular flexibility index (Phi) is 5.44. The normalized spacial score (nSPS) is 11.7. The van der Waals surface area contributed by atoms with E-state index in [9.17, 15) is 0 Å². The summed E-state index contributed by atoms with van der Waals surface area (Å²) in [4.78, 5) is 8.73. The average Bonchev–Trinajstić information content (AvgIpc) is 3.35. The van der Waals surface area contributed by atoms with Gasteiger partial charge in [0.1, 0.15) is 0 Å². The molecule has 0 amide bonds. The molecule has 0 radical (unpaired) electrons. The molecule has 0 aliphatic heterocycles. The van der Waals surface area contributed by atoms with Crippen LogP contribution < -0.4 is 0 Å². The van der Waals surface area contributed by atoms with Gasteiger partial charge in [-0.05, 0) is 17.7 Å². The molecule has 7 nitrogen and oxygen atoms in total. The standard InChI is InChI=1S/C21H22N6OS/c1-21(2,3)19-23-17(26-28-19)14-29-20-25-24-18(16-10-7-11-22-12-16)27(20)13-15-8-5-4-6-9-15/h4-12H,13-14H2,1-3H3. The van der Waals surface area contributed by atoms with Crippen LogP contribution in [-0.4, -0.2) is 29.9 Å². The van der Waals surface area contributed by atoms with E-state index in [0.29, 0.717) is 24.0 Å². The molecule has 4 rings (SSSR count). The highest BCUT2D eigenvalue weighted by molar-refractivity contribution is 7.98. The van der Waals surface area contributed by atoms with E-state index in [2.05, 4.69) is 42.0 Å². The number of pyridine rings is 1. The summed E-state index contributed by atoms with van der Waals surface area (Å²) in [6.07, 6.45) is 3.55. The molecule has 0 saturated carbocycles. The van der Waals surface area contributed by atoms with Crippen molar-refractivity contribution in [2.24, 2.45) is 0 Å². The van der Waals surface area contributed by atoms with Crippen molar-refractivity contribution in [3.63, 3.8) is 0 Å². The smallest absolute Gasteiger partial charge is 0.232 e. The van der Waals surface area contributed by atoms with Crippen molar-refractivity contribution in [3.8, 4) is 11.4 Å². The maximum Gasteiger partial charge on any atom is 0.232 e. The van der Waals surface area contributed by atoms with Crippen LogP contribution in [0.25, 0.3) is 11.4 Å². The predicted octanol–water partition coefficient (Wildman–Crippen LogP) is 4.36. The molecule has 0 unspecified atom stereocenters. The van der Waals surface area contributed by atoms with E-state index in [0.717, 1.165) is 16.5 Å². The van der Waals surface area contributed by atoms with E-state index >= 15 is 0 Å². The molecular formula is C21H22N6OS. The first kappa shape index (κ1) is 19.3. The molecule has 0 aliphatic carbocycles. The molecular weight excluding hydrogens is 384 g/mol. The van der Waals surface area contributed by atoms with Crippen LogP contribution in [-0.2, 0) is 17.7 Å². The van der Waals surface area contributed by atoms with Crippen LogP contribution in [0.5, 0.6) is 0 Å². The van der Waals surface area contributed by atoms with Gasteiger partial charge >= 0.3 is 0 Å². The van der Waals surface area contributed by atoms with Crippen molar-refractivity contribution >= 4 is 11.8 Å². The Morgan fingerprint density at radius 2 is 1.86 bits per heavy atom. The van der Waals surface area contributed by atoms with E-state index in [1.807, 2.05) is 51.1 Å². The van der Waals surface area contributed by atoms with Crippen LogP contribution in [0.15, 0.2) is 64.5 Å². The first-order valence-electron chi connectivity index (χ1n) is 9.34. The summed E-state index contributed by atoms with van der Waals surface area (Å²) < 4.78 is 7.49. The molecule has 148 valence electrons. The van der Waals surface area contributed by atoms with Gasteiger partial charge in [-0.25, -0.2) is 0 Å². The second kappa shape index (κ2) is 8.16. The highest BCUT2D eigenvalue weighted by Crippen LogP contribution is 2.27. The van der Waals surface area contributed by atoms with Crippen LogP contribution in [0.1, 0.15) is 38.0 Å². The quantitative estimate of drug-likeness (QED) is 0.440. The zero-order valence-corrected chi connectivity index (χ0v) is 17.4.